The zero-order chi connectivity index (χ0) is 22.4. The molecule has 5 aromatic rings. The fourth-order valence-corrected chi connectivity index (χ4v) is 4.37. The van der Waals surface area contributed by atoms with Gasteiger partial charge in [-0.05, 0) is 47.5 Å². The summed E-state index contributed by atoms with van der Waals surface area (Å²) in [6.45, 7) is 1.21. The van der Waals surface area contributed by atoms with Gasteiger partial charge >= 0.3 is 0 Å². The molecule has 1 aliphatic heterocycles. The summed E-state index contributed by atoms with van der Waals surface area (Å²) in [5.74, 6) is 2.25. The molecule has 0 spiro atoms. The number of halogens is 2. The quantitative estimate of drug-likeness (QED) is 0.314. The standard InChI is InChI=1S/C25H17Cl2N5O/c26-18-8-5-16(6-9-18)17-7-10-19-23(13-17)33-12-11-31-14-21(30-24(19)31)25-28-15-29-32(25)22-4-2-1-3-20(22)27/h1-10,13-15H,11-12H2. The lowest BCUT2D eigenvalue weighted by Gasteiger charge is -2.09. The van der Waals surface area contributed by atoms with Crippen molar-refractivity contribution < 1.29 is 4.74 Å². The molecule has 6 nitrogen and oxygen atoms in total. The van der Waals surface area contributed by atoms with Crippen molar-refractivity contribution in [2.75, 3.05) is 6.61 Å². The number of rotatable bonds is 3. The van der Waals surface area contributed by atoms with Gasteiger partial charge in [0.15, 0.2) is 5.82 Å². The molecule has 33 heavy (non-hydrogen) atoms. The zero-order valence-electron chi connectivity index (χ0n) is 17.3. The highest BCUT2D eigenvalue weighted by molar-refractivity contribution is 6.32. The Morgan fingerprint density at radius 3 is 2.55 bits per heavy atom. The van der Waals surface area contributed by atoms with Gasteiger partial charge in [-0.15, -0.1) is 0 Å². The molecule has 0 radical (unpaired) electrons. The van der Waals surface area contributed by atoms with Crippen LogP contribution < -0.4 is 4.74 Å². The Kier molecular flexibility index (Phi) is 4.89. The van der Waals surface area contributed by atoms with Gasteiger partial charge in [-0.2, -0.15) is 5.10 Å². The highest BCUT2D eigenvalue weighted by Gasteiger charge is 2.22. The van der Waals surface area contributed by atoms with E-state index in [-0.39, 0.29) is 0 Å². The molecule has 8 heteroatoms. The van der Waals surface area contributed by atoms with Crippen LogP contribution in [-0.4, -0.2) is 30.9 Å². The van der Waals surface area contributed by atoms with E-state index >= 15 is 0 Å². The van der Waals surface area contributed by atoms with Crippen LogP contribution in [0.1, 0.15) is 0 Å². The smallest absolute Gasteiger partial charge is 0.183 e. The van der Waals surface area contributed by atoms with Crippen LogP contribution in [0.2, 0.25) is 10.0 Å². The first-order chi connectivity index (χ1) is 16.2. The van der Waals surface area contributed by atoms with E-state index in [9.17, 15) is 0 Å². The Labute approximate surface area is 200 Å². The van der Waals surface area contributed by atoms with Gasteiger partial charge in [-0.3, -0.25) is 0 Å². The number of para-hydroxylation sites is 1. The molecule has 0 unspecified atom stereocenters. The maximum Gasteiger partial charge on any atom is 0.183 e. The summed E-state index contributed by atoms with van der Waals surface area (Å²) in [5, 5.41) is 5.69. The van der Waals surface area contributed by atoms with Gasteiger partial charge in [-0.25, -0.2) is 14.6 Å². The predicted molar refractivity (Wildman–Crippen MR) is 129 cm³/mol. The molecule has 0 saturated carbocycles. The number of aromatic nitrogens is 5. The SMILES string of the molecule is Clc1ccc(-c2ccc3c(c2)OCCn2cc(-c4ncnn4-c4ccccc4Cl)nc2-3)cc1. The molecule has 162 valence electrons. The number of imidazole rings is 1. The molecule has 3 heterocycles. The van der Waals surface area contributed by atoms with E-state index in [4.69, 9.17) is 32.9 Å². The Balaban J connectivity index is 1.42. The maximum absolute atomic E-state index is 6.40. The summed E-state index contributed by atoms with van der Waals surface area (Å²) in [6, 6.07) is 21.5. The van der Waals surface area contributed by atoms with Crippen molar-refractivity contribution >= 4 is 23.2 Å². The molecule has 0 saturated heterocycles. The summed E-state index contributed by atoms with van der Waals surface area (Å²) in [4.78, 5) is 9.39. The summed E-state index contributed by atoms with van der Waals surface area (Å²) in [7, 11) is 0. The van der Waals surface area contributed by atoms with Crippen molar-refractivity contribution in [2.45, 2.75) is 6.54 Å². The van der Waals surface area contributed by atoms with E-state index in [0.717, 1.165) is 39.6 Å². The average Bonchev–Trinajstić information content (AvgIpc) is 3.44. The highest BCUT2D eigenvalue weighted by atomic mass is 35.5. The van der Waals surface area contributed by atoms with Crippen LogP contribution in [-0.2, 0) is 6.54 Å². The van der Waals surface area contributed by atoms with Gasteiger partial charge in [0.2, 0.25) is 0 Å². The van der Waals surface area contributed by atoms with Gasteiger partial charge in [0, 0.05) is 11.2 Å². The fraction of sp³-hybridized carbons (Fsp3) is 0.0800. The van der Waals surface area contributed by atoms with Crippen LogP contribution in [0.25, 0.3) is 39.7 Å². The minimum Gasteiger partial charge on any atom is -0.491 e. The van der Waals surface area contributed by atoms with Crippen molar-refractivity contribution in [3.05, 3.63) is 89.3 Å². The lowest BCUT2D eigenvalue weighted by atomic mass is 10.0. The van der Waals surface area contributed by atoms with Gasteiger partial charge in [-0.1, -0.05) is 53.5 Å². The summed E-state index contributed by atoms with van der Waals surface area (Å²) >= 11 is 12.4. The number of hydrogen-bond donors (Lipinski definition) is 0. The third kappa shape index (κ3) is 3.57. The van der Waals surface area contributed by atoms with E-state index in [0.29, 0.717) is 29.0 Å². The van der Waals surface area contributed by atoms with Crippen LogP contribution in [0, 0.1) is 0 Å². The van der Waals surface area contributed by atoms with Crippen molar-refractivity contribution in [3.8, 4) is 45.5 Å². The number of fused-ring (bicyclic) bond motifs is 3. The Hall–Kier alpha value is -3.61. The second kappa shape index (κ2) is 8.06. The minimum atomic E-state index is 0.539. The van der Waals surface area contributed by atoms with Crippen LogP contribution in [0.5, 0.6) is 5.75 Å². The number of ether oxygens (including phenoxy) is 1. The molecular formula is C25H17Cl2N5O. The number of benzene rings is 3. The van der Waals surface area contributed by atoms with Crippen molar-refractivity contribution in [1.82, 2.24) is 24.3 Å². The molecule has 0 aliphatic carbocycles. The van der Waals surface area contributed by atoms with Gasteiger partial charge in [0.05, 0.1) is 22.8 Å². The number of hydrogen-bond acceptors (Lipinski definition) is 4. The normalized spacial score (nSPS) is 12.5. The number of nitrogens with zero attached hydrogens (tertiary/aromatic N) is 5. The molecule has 0 bridgehead atoms. The van der Waals surface area contributed by atoms with E-state index < -0.39 is 0 Å². The topological polar surface area (TPSA) is 57.8 Å². The Bertz CT molecular complexity index is 1470. The zero-order valence-corrected chi connectivity index (χ0v) is 18.8. The first kappa shape index (κ1) is 20.0. The summed E-state index contributed by atoms with van der Waals surface area (Å²) < 4.78 is 9.88. The van der Waals surface area contributed by atoms with Crippen LogP contribution >= 0.6 is 23.2 Å². The third-order valence-electron chi connectivity index (χ3n) is 5.62. The van der Waals surface area contributed by atoms with Crippen LogP contribution in [0.4, 0.5) is 0 Å². The average molecular weight is 474 g/mol. The first-order valence-electron chi connectivity index (χ1n) is 10.4. The molecule has 0 atom stereocenters. The molecule has 0 N–H and O–H groups in total. The second-order valence-electron chi connectivity index (χ2n) is 7.66. The van der Waals surface area contributed by atoms with Crippen molar-refractivity contribution in [1.29, 1.82) is 0 Å². The van der Waals surface area contributed by atoms with Gasteiger partial charge in [0.25, 0.3) is 0 Å². The summed E-state index contributed by atoms with van der Waals surface area (Å²) in [5.41, 5.74) is 4.54. The Morgan fingerprint density at radius 1 is 0.879 bits per heavy atom. The monoisotopic (exact) mass is 473 g/mol. The van der Waals surface area contributed by atoms with Gasteiger partial charge in [0.1, 0.15) is 30.2 Å². The molecule has 1 aliphatic rings. The third-order valence-corrected chi connectivity index (χ3v) is 6.20. The van der Waals surface area contributed by atoms with Crippen molar-refractivity contribution in [3.63, 3.8) is 0 Å². The molecule has 0 amide bonds. The molecule has 2 aromatic heterocycles. The Morgan fingerprint density at radius 2 is 1.70 bits per heavy atom. The second-order valence-corrected chi connectivity index (χ2v) is 8.50. The van der Waals surface area contributed by atoms with E-state index in [1.165, 1.54) is 6.33 Å². The molecule has 3 aromatic carbocycles. The van der Waals surface area contributed by atoms with E-state index in [2.05, 4.69) is 26.8 Å². The highest BCUT2D eigenvalue weighted by Crippen LogP contribution is 2.37. The fourth-order valence-electron chi connectivity index (χ4n) is 4.03. The van der Waals surface area contributed by atoms with Crippen LogP contribution in [0.15, 0.2) is 79.3 Å². The summed E-state index contributed by atoms with van der Waals surface area (Å²) in [6.07, 6.45) is 3.50. The van der Waals surface area contributed by atoms with Gasteiger partial charge < -0.3 is 9.30 Å². The molecular weight excluding hydrogens is 457 g/mol. The van der Waals surface area contributed by atoms with Crippen molar-refractivity contribution in [2.24, 2.45) is 0 Å². The minimum absolute atomic E-state index is 0.539. The molecule has 0 fully saturated rings. The predicted octanol–water partition coefficient (Wildman–Crippen LogP) is 6.16. The largest absolute Gasteiger partial charge is 0.491 e. The molecule has 6 rings (SSSR count). The lowest BCUT2D eigenvalue weighted by molar-refractivity contribution is 0.307. The maximum atomic E-state index is 6.40. The first-order valence-corrected chi connectivity index (χ1v) is 11.2. The van der Waals surface area contributed by atoms with E-state index in [1.54, 1.807) is 4.68 Å². The van der Waals surface area contributed by atoms with Crippen LogP contribution in [0.3, 0.4) is 0 Å². The van der Waals surface area contributed by atoms with E-state index in [1.807, 2.05) is 60.8 Å². The lowest BCUT2D eigenvalue weighted by Crippen LogP contribution is -2.04.